The summed E-state index contributed by atoms with van der Waals surface area (Å²) in [5.74, 6) is -2.28. The Labute approximate surface area is 182 Å². The quantitative estimate of drug-likeness (QED) is 0.311. The first-order valence-corrected chi connectivity index (χ1v) is 10.5. The lowest BCUT2D eigenvalue weighted by molar-refractivity contribution is -0.279. The molecule has 0 aliphatic rings. The molecule has 5 nitrogen and oxygen atoms in total. The van der Waals surface area contributed by atoms with E-state index in [4.69, 9.17) is 14.2 Å². The highest BCUT2D eigenvalue weighted by molar-refractivity contribution is 5.84. The van der Waals surface area contributed by atoms with Crippen LogP contribution in [0.15, 0.2) is 30.3 Å². The number of hydrogen-bond donors (Lipinski definition) is 0. The van der Waals surface area contributed by atoms with Gasteiger partial charge in [-0.25, -0.2) is 4.79 Å². The SMILES string of the molecule is CCCCCCC[C@H](OC(=O)[C@](OC)(c1ccccc1)C(F)(F)F)C(C)(C)C(=O)OC. The maximum absolute atomic E-state index is 14.2. The van der Waals surface area contributed by atoms with Crippen molar-refractivity contribution in [1.29, 1.82) is 0 Å². The number of carbonyl (C=O) groups is 2. The predicted molar refractivity (Wildman–Crippen MR) is 110 cm³/mol. The summed E-state index contributed by atoms with van der Waals surface area (Å²) >= 11 is 0. The van der Waals surface area contributed by atoms with E-state index in [1.165, 1.54) is 39.2 Å². The summed E-state index contributed by atoms with van der Waals surface area (Å²) < 4.78 is 57.5. The van der Waals surface area contributed by atoms with E-state index in [1.54, 1.807) is 0 Å². The van der Waals surface area contributed by atoms with Crippen LogP contribution >= 0.6 is 0 Å². The number of unbranched alkanes of at least 4 members (excludes halogenated alkanes) is 4. The smallest absolute Gasteiger partial charge is 0.432 e. The Bertz CT molecular complexity index is 703. The van der Waals surface area contributed by atoms with Crippen LogP contribution in [0.3, 0.4) is 0 Å². The highest BCUT2D eigenvalue weighted by Gasteiger charge is 2.64. The van der Waals surface area contributed by atoms with Gasteiger partial charge in [0, 0.05) is 12.7 Å². The highest BCUT2D eigenvalue weighted by Crippen LogP contribution is 2.44. The van der Waals surface area contributed by atoms with E-state index in [1.807, 2.05) is 0 Å². The Morgan fingerprint density at radius 3 is 2.00 bits per heavy atom. The molecule has 0 fully saturated rings. The number of carbonyl (C=O) groups excluding carboxylic acids is 2. The van der Waals surface area contributed by atoms with Gasteiger partial charge in [-0.15, -0.1) is 0 Å². The molecular formula is C23H33F3O5. The van der Waals surface area contributed by atoms with Crippen molar-refractivity contribution >= 4 is 11.9 Å². The van der Waals surface area contributed by atoms with Crippen molar-refractivity contribution in [2.75, 3.05) is 14.2 Å². The van der Waals surface area contributed by atoms with Crippen molar-refractivity contribution < 1.29 is 37.0 Å². The second-order valence-electron chi connectivity index (χ2n) is 8.06. The Hall–Kier alpha value is -2.09. The zero-order valence-electron chi connectivity index (χ0n) is 18.9. The standard InChI is InChI=1S/C23H33F3O5/c1-6-7-8-9-13-16-18(21(2,3)19(27)29-4)31-20(28)22(30-5,23(24,25)26)17-14-11-10-12-15-17/h10-12,14-15,18H,6-9,13,16H2,1-5H3/t18-,22+/m0/s1. The van der Waals surface area contributed by atoms with Crippen molar-refractivity contribution in [3.63, 3.8) is 0 Å². The van der Waals surface area contributed by atoms with Gasteiger partial charge in [0.05, 0.1) is 12.5 Å². The molecule has 0 unspecified atom stereocenters. The Kier molecular flexibility index (Phi) is 10.0. The lowest BCUT2D eigenvalue weighted by Crippen LogP contribution is -2.54. The fourth-order valence-corrected chi connectivity index (χ4v) is 3.49. The molecule has 31 heavy (non-hydrogen) atoms. The average Bonchev–Trinajstić information content (AvgIpc) is 2.72. The van der Waals surface area contributed by atoms with Gasteiger partial charge in [0.1, 0.15) is 6.10 Å². The molecule has 0 bridgehead atoms. The summed E-state index contributed by atoms with van der Waals surface area (Å²) in [6.07, 6.45) is -1.56. The van der Waals surface area contributed by atoms with Gasteiger partial charge in [-0.3, -0.25) is 4.79 Å². The molecule has 0 aromatic heterocycles. The largest absolute Gasteiger partial charge is 0.469 e. The lowest BCUT2D eigenvalue weighted by atomic mass is 9.83. The molecular weight excluding hydrogens is 413 g/mol. The molecule has 176 valence electrons. The zero-order valence-corrected chi connectivity index (χ0v) is 18.9. The van der Waals surface area contributed by atoms with Gasteiger partial charge < -0.3 is 14.2 Å². The number of halogens is 3. The fraction of sp³-hybridized carbons (Fsp3) is 0.652. The lowest BCUT2D eigenvalue weighted by Gasteiger charge is -2.37. The summed E-state index contributed by atoms with van der Waals surface area (Å²) in [5, 5.41) is 0. The summed E-state index contributed by atoms with van der Waals surface area (Å²) in [7, 11) is 2.00. The minimum atomic E-state index is -5.08. The molecule has 0 saturated carbocycles. The molecule has 1 aromatic carbocycles. The molecule has 0 aliphatic carbocycles. The van der Waals surface area contributed by atoms with Crippen LogP contribution in [0.5, 0.6) is 0 Å². The fourth-order valence-electron chi connectivity index (χ4n) is 3.49. The van der Waals surface area contributed by atoms with Gasteiger partial charge in [-0.2, -0.15) is 13.2 Å². The number of ether oxygens (including phenoxy) is 3. The van der Waals surface area contributed by atoms with E-state index in [-0.39, 0.29) is 6.42 Å². The molecule has 0 aliphatic heterocycles. The first-order chi connectivity index (χ1) is 14.5. The number of hydrogen-bond acceptors (Lipinski definition) is 5. The van der Waals surface area contributed by atoms with Crippen molar-refractivity contribution in [2.24, 2.45) is 5.41 Å². The third-order valence-corrected chi connectivity index (χ3v) is 5.51. The van der Waals surface area contributed by atoms with Gasteiger partial charge in [-0.05, 0) is 26.7 Å². The maximum Gasteiger partial charge on any atom is 0.432 e. The van der Waals surface area contributed by atoms with E-state index < -0.39 is 40.8 Å². The average molecular weight is 447 g/mol. The summed E-state index contributed by atoms with van der Waals surface area (Å²) in [5.41, 5.74) is -5.04. The molecule has 0 radical (unpaired) electrons. The first kappa shape index (κ1) is 26.9. The van der Waals surface area contributed by atoms with Gasteiger partial charge in [-0.1, -0.05) is 62.9 Å². The Balaban J connectivity index is 3.27. The molecule has 1 rings (SSSR count). The second kappa shape index (κ2) is 11.5. The molecule has 2 atom stereocenters. The van der Waals surface area contributed by atoms with Gasteiger partial charge in [0.25, 0.3) is 5.60 Å². The van der Waals surface area contributed by atoms with Crippen molar-refractivity contribution in [1.82, 2.24) is 0 Å². The van der Waals surface area contributed by atoms with E-state index in [9.17, 15) is 22.8 Å². The van der Waals surface area contributed by atoms with E-state index >= 15 is 0 Å². The number of esters is 2. The number of alkyl halides is 3. The summed E-state index contributed by atoms with van der Waals surface area (Å²) in [6, 6.07) is 6.61. The first-order valence-electron chi connectivity index (χ1n) is 10.5. The van der Waals surface area contributed by atoms with Gasteiger partial charge >= 0.3 is 18.1 Å². The Morgan fingerprint density at radius 1 is 0.935 bits per heavy atom. The van der Waals surface area contributed by atoms with Gasteiger partial charge in [0.15, 0.2) is 0 Å². The van der Waals surface area contributed by atoms with Crippen molar-refractivity contribution in [2.45, 2.75) is 77.2 Å². The van der Waals surface area contributed by atoms with Crippen LogP contribution in [0.1, 0.15) is 64.9 Å². The minimum absolute atomic E-state index is 0.226. The molecule has 0 saturated heterocycles. The monoisotopic (exact) mass is 446 g/mol. The highest BCUT2D eigenvalue weighted by atomic mass is 19.4. The molecule has 0 amide bonds. The number of rotatable bonds is 12. The van der Waals surface area contributed by atoms with Crippen molar-refractivity contribution in [3.8, 4) is 0 Å². The van der Waals surface area contributed by atoms with Crippen molar-refractivity contribution in [3.05, 3.63) is 35.9 Å². The van der Waals surface area contributed by atoms with Crippen LogP contribution in [0.25, 0.3) is 0 Å². The Morgan fingerprint density at radius 2 is 1.52 bits per heavy atom. The van der Waals surface area contributed by atoms with E-state index in [0.717, 1.165) is 44.9 Å². The summed E-state index contributed by atoms with van der Waals surface area (Å²) in [4.78, 5) is 25.3. The number of benzene rings is 1. The van der Waals surface area contributed by atoms with Gasteiger partial charge in [0.2, 0.25) is 0 Å². The molecule has 0 N–H and O–H groups in total. The topological polar surface area (TPSA) is 61.8 Å². The minimum Gasteiger partial charge on any atom is -0.469 e. The summed E-state index contributed by atoms with van der Waals surface area (Å²) in [6.45, 7) is 5.05. The third-order valence-electron chi connectivity index (χ3n) is 5.51. The maximum atomic E-state index is 14.2. The molecule has 0 heterocycles. The van der Waals surface area contributed by atoms with Crippen LogP contribution in [0, 0.1) is 5.41 Å². The van der Waals surface area contributed by atoms with Crippen LogP contribution in [0.4, 0.5) is 13.2 Å². The molecule has 1 aromatic rings. The van der Waals surface area contributed by atoms with Crippen LogP contribution in [-0.4, -0.2) is 38.4 Å². The normalized spacial score (nSPS) is 15.1. The van der Waals surface area contributed by atoms with Crippen LogP contribution in [-0.2, 0) is 29.4 Å². The number of methoxy groups -OCH3 is 2. The molecule has 0 spiro atoms. The molecule has 8 heteroatoms. The van der Waals surface area contributed by atoms with E-state index in [0.29, 0.717) is 6.42 Å². The third kappa shape index (κ3) is 6.21. The van der Waals surface area contributed by atoms with E-state index in [2.05, 4.69) is 6.92 Å². The second-order valence-corrected chi connectivity index (χ2v) is 8.06. The van der Waals surface area contributed by atoms with Crippen LogP contribution in [0.2, 0.25) is 0 Å². The zero-order chi connectivity index (χ0) is 23.7. The predicted octanol–water partition coefficient (Wildman–Crippen LogP) is 5.56. The van der Waals surface area contributed by atoms with Crippen LogP contribution < -0.4 is 0 Å².